The summed E-state index contributed by atoms with van der Waals surface area (Å²) in [5, 5.41) is 18.9. The third-order valence-electron chi connectivity index (χ3n) is 7.38. The second kappa shape index (κ2) is 8.52. The number of benzene rings is 1. The SMILES string of the molecule is O=C(Nc1ccc(Cl)c(S(=O)(=O)C2CC3(CCNCC3)C2)c1O)N[C@@H]1CCCc2ccoc21. The van der Waals surface area contributed by atoms with E-state index in [1.165, 1.54) is 12.1 Å². The lowest BCUT2D eigenvalue weighted by atomic mass is 9.63. The van der Waals surface area contributed by atoms with Crippen molar-refractivity contribution < 1.29 is 22.7 Å². The van der Waals surface area contributed by atoms with E-state index < -0.39 is 26.9 Å². The summed E-state index contributed by atoms with van der Waals surface area (Å²) in [6.07, 6.45) is 7.22. The molecule has 1 aromatic carbocycles. The van der Waals surface area contributed by atoms with Gasteiger partial charge in [0.15, 0.2) is 15.6 Å². The van der Waals surface area contributed by atoms with E-state index in [-0.39, 0.29) is 27.1 Å². The van der Waals surface area contributed by atoms with Crippen molar-refractivity contribution in [3.05, 3.63) is 40.8 Å². The highest BCUT2D eigenvalue weighted by Gasteiger charge is 2.51. The van der Waals surface area contributed by atoms with Crippen LogP contribution < -0.4 is 16.0 Å². The lowest BCUT2D eigenvalue weighted by molar-refractivity contribution is 0.0901. The molecule has 1 spiro atoms. The first kappa shape index (κ1) is 22.6. The number of carbonyl (C=O) groups excluding carboxylic acids is 1. The van der Waals surface area contributed by atoms with Crippen LogP contribution in [0, 0.1) is 5.41 Å². The number of halogens is 1. The highest BCUT2D eigenvalue weighted by Crippen LogP contribution is 2.53. The third-order valence-corrected chi connectivity index (χ3v) is 10.0. The van der Waals surface area contributed by atoms with Crippen LogP contribution in [0.5, 0.6) is 5.75 Å². The summed E-state index contributed by atoms with van der Waals surface area (Å²) in [5.41, 5.74) is 1.13. The van der Waals surface area contributed by atoms with Crippen molar-refractivity contribution in [3.8, 4) is 5.75 Å². The Kier molecular flexibility index (Phi) is 5.83. The first-order chi connectivity index (χ1) is 15.8. The number of furan rings is 1. The monoisotopic (exact) mass is 493 g/mol. The molecular weight excluding hydrogens is 466 g/mol. The van der Waals surface area contributed by atoms with Gasteiger partial charge in [-0.25, -0.2) is 13.2 Å². The second-order valence-corrected chi connectivity index (χ2v) is 12.0. The number of rotatable bonds is 4. The fraction of sp³-hybridized carbons (Fsp3) is 0.522. The predicted molar refractivity (Wildman–Crippen MR) is 124 cm³/mol. The Labute approximate surface area is 198 Å². The van der Waals surface area contributed by atoms with Gasteiger partial charge in [-0.3, -0.25) is 0 Å². The number of anilines is 1. The average molecular weight is 494 g/mol. The van der Waals surface area contributed by atoms with E-state index in [1.807, 2.05) is 6.07 Å². The lowest BCUT2D eigenvalue weighted by Crippen LogP contribution is -2.50. The maximum absolute atomic E-state index is 13.3. The summed E-state index contributed by atoms with van der Waals surface area (Å²) in [4.78, 5) is 12.3. The van der Waals surface area contributed by atoms with Gasteiger partial charge in [-0.15, -0.1) is 0 Å². The van der Waals surface area contributed by atoms with E-state index in [2.05, 4.69) is 16.0 Å². The van der Waals surface area contributed by atoms with E-state index in [0.717, 1.165) is 56.5 Å². The number of aryl methyl sites for hydroxylation is 1. The van der Waals surface area contributed by atoms with Gasteiger partial charge < -0.3 is 25.5 Å². The molecule has 1 saturated carbocycles. The van der Waals surface area contributed by atoms with Crippen LogP contribution in [0.1, 0.15) is 55.9 Å². The zero-order valence-electron chi connectivity index (χ0n) is 18.2. The van der Waals surface area contributed by atoms with E-state index in [4.69, 9.17) is 16.0 Å². The minimum atomic E-state index is -3.85. The highest BCUT2D eigenvalue weighted by atomic mass is 35.5. The standard InChI is InChI=1S/C23H28ClN3O5S/c24-16-4-5-17(26-22(29)27-18-3-1-2-14-6-11-32-20(14)18)19(28)21(16)33(30,31)15-12-23(13-15)7-9-25-10-8-23/h4-6,11,15,18,25,28H,1-3,7-10,12-13H2,(H2,26,27,29)/t18-/m1/s1. The molecule has 2 amide bonds. The number of sulfone groups is 1. The zero-order valence-corrected chi connectivity index (χ0v) is 19.8. The summed E-state index contributed by atoms with van der Waals surface area (Å²) in [5.74, 6) is 0.211. The van der Waals surface area contributed by atoms with Gasteiger partial charge in [0.05, 0.1) is 28.3 Å². The molecule has 2 aliphatic carbocycles. The Morgan fingerprint density at radius 3 is 2.73 bits per heavy atom. The predicted octanol–water partition coefficient (Wildman–Crippen LogP) is 4.14. The fourth-order valence-electron chi connectivity index (χ4n) is 5.52. The molecule has 0 unspecified atom stereocenters. The van der Waals surface area contributed by atoms with Crippen LogP contribution in [0.15, 0.2) is 33.8 Å². The maximum Gasteiger partial charge on any atom is 0.319 e. The molecule has 8 nitrogen and oxygen atoms in total. The largest absolute Gasteiger partial charge is 0.504 e. The number of carbonyl (C=O) groups is 1. The molecule has 1 saturated heterocycles. The molecule has 0 radical (unpaired) electrons. The molecule has 33 heavy (non-hydrogen) atoms. The molecule has 2 fully saturated rings. The number of fused-ring (bicyclic) bond motifs is 1. The van der Waals surface area contributed by atoms with Crippen LogP contribution in [-0.2, 0) is 16.3 Å². The van der Waals surface area contributed by atoms with Gasteiger partial charge in [0.2, 0.25) is 0 Å². The second-order valence-electron chi connectivity index (χ2n) is 9.45. The molecule has 178 valence electrons. The van der Waals surface area contributed by atoms with Crippen LogP contribution in [0.3, 0.4) is 0 Å². The number of amides is 2. The van der Waals surface area contributed by atoms with E-state index in [1.54, 1.807) is 6.26 Å². The number of aromatic hydroxyl groups is 1. The number of nitrogens with one attached hydrogen (secondary N) is 3. The van der Waals surface area contributed by atoms with Gasteiger partial charge in [0.25, 0.3) is 0 Å². The van der Waals surface area contributed by atoms with Crippen LogP contribution in [-0.4, -0.2) is 37.9 Å². The molecule has 1 aliphatic heterocycles. The number of hydrogen-bond acceptors (Lipinski definition) is 6. The number of urea groups is 1. The molecule has 10 heteroatoms. The molecule has 5 rings (SSSR count). The molecule has 2 heterocycles. The van der Waals surface area contributed by atoms with Crippen molar-refractivity contribution >= 4 is 33.2 Å². The van der Waals surface area contributed by atoms with Crippen molar-refractivity contribution in [3.63, 3.8) is 0 Å². The summed E-state index contributed by atoms with van der Waals surface area (Å²) >= 11 is 6.23. The van der Waals surface area contributed by atoms with E-state index in [9.17, 15) is 18.3 Å². The molecule has 4 N–H and O–H groups in total. The van der Waals surface area contributed by atoms with Crippen molar-refractivity contribution in [1.82, 2.24) is 10.6 Å². The number of piperidine rings is 1. The van der Waals surface area contributed by atoms with Crippen molar-refractivity contribution in [1.29, 1.82) is 0 Å². The first-order valence-electron chi connectivity index (χ1n) is 11.4. The number of phenols is 1. The van der Waals surface area contributed by atoms with Crippen LogP contribution >= 0.6 is 11.6 Å². The minimum Gasteiger partial charge on any atom is -0.504 e. The molecule has 0 bridgehead atoms. The van der Waals surface area contributed by atoms with Crippen molar-refractivity contribution in [2.45, 2.75) is 61.1 Å². The summed E-state index contributed by atoms with van der Waals surface area (Å²) in [6.45, 7) is 1.79. The lowest BCUT2D eigenvalue weighted by Gasteiger charge is -2.49. The highest BCUT2D eigenvalue weighted by molar-refractivity contribution is 7.92. The van der Waals surface area contributed by atoms with E-state index in [0.29, 0.717) is 12.8 Å². The quantitative estimate of drug-likeness (QED) is 0.475. The van der Waals surface area contributed by atoms with Gasteiger partial charge >= 0.3 is 6.03 Å². The average Bonchev–Trinajstić information content (AvgIpc) is 3.24. The molecule has 3 aliphatic rings. The van der Waals surface area contributed by atoms with Crippen molar-refractivity contribution in [2.75, 3.05) is 18.4 Å². The van der Waals surface area contributed by atoms with Crippen LogP contribution in [0.25, 0.3) is 0 Å². The third kappa shape index (κ3) is 4.11. The first-order valence-corrected chi connectivity index (χ1v) is 13.3. The summed E-state index contributed by atoms with van der Waals surface area (Å²) in [7, 11) is -3.85. The Bertz CT molecular complexity index is 1160. The molecule has 1 atom stereocenters. The smallest absolute Gasteiger partial charge is 0.319 e. The van der Waals surface area contributed by atoms with Gasteiger partial charge in [-0.2, -0.15) is 0 Å². The summed E-state index contributed by atoms with van der Waals surface area (Å²) in [6, 6.07) is 3.87. The van der Waals surface area contributed by atoms with Gasteiger partial charge in [-0.05, 0) is 87.2 Å². The Morgan fingerprint density at radius 1 is 1.21 bits per heavy atom. The van der Waals surface area contributed by atoms with Crippen molar-refractivity contribution in [2.24, 2.45) is 5.41 Å². The fourth-order valence-corrected chi connectivity index (χ4v) is 8.19. The summed E-state index contributed by atoms with van der Waals surface area (Å²) < 4.78 is 32.2. The van der Waals surface area contributed by atoms with Gasteiger partial charge in [-0.1, -0.05) is 11.6 Å². The van der Waals surface area contributed by atoms with E-state index >= 15 is 0 Å². The zero-order chi connectivity index (χ0) is 23.2. The minimum absolute atomic E-state index is 0.00172. The molecular formula is C23H28ClN3O5S. The van der Waals surface area contributed by atoms with Gasteiger partial charge in [0.1, 0.15) is 10.7 Å². The normalized spacial score (nSPS) is 22.4. The topological polar surface area (TPSA) is 121 Å². The number of hydrogen-bond donors (Lipinski definition) is 4. The Hall–Kier alpha value is -2.23. The maximum atomic E-state index is 13.3. The Balaban J connectivity index is 1.32. The van der Waals surface area contributed by atoms with Crippen LogP contribution in [0.2, 0.25) is 5.02 Å². The molecule has 2 aromatic rings. The van der Waals surface area contributed by atoms with Crippen LogP contribution in [0.4, 0.5) is 10.5 Å². The molecule has 1 aromatic heterocycles. The van der Waals surface area contributed by atoms with Gasteiger partial charge in [0, 0.05) is 0 Å². The Morgan fingerprint density at radius 2 is 1.97 bits per heavy atom. The number of phenolic OH excluding ortho intramolecular Hbond substituents is 1.